The minimum Gasteiger partial charge on any atom is -0.493 e. The van der Waals surface area contributed by atoms with E-state index in [9.17, 15) is 4.39 Å². The van der Waals surface area contributed by atoms with Crippen molar-refractivity contribution in [1.29, 1.82) is 0 Å². The predicted molar refractivity (Wildman–Crippen MR) is 114 cm³/mol. The topological polar surface area (TPSA) is 49.2 Å². The molecule has 3 heterocycles. The standard InChI is InChI=1S/C22H22FN3O2S/c1-3-7-27-15-11-17-21-18(12-15)28-8-5-4-6-26(21)22(25-17)14-9-16(23)20-19(10-14)29-13(2)24-20/h9-12H,3-8H2,1-2H3. The summed E-state index contributed by atoms with van der Waals surface area (Å²) in [6, 6.07) is 7.42. The summed E-state index contributed by atoms with van der Waals surface area (Å²) in [6.45, 7) is 6.11. The average Bonchev–Trinajstić information content (AvgIpc) is 3.24. The zero-order valence-corrected chi connectivity index (χ0v) is 17.3. The number of fused-ring (bicyclic) bond motifs is 1. The van der Waals surface area contributed by atoms with Gasteiger partial charge in [0.2, 0.25) is 0 Å². The van der Waals surface area contributed by atoms with E-state index in [0.29, 0.717) is 18.7 Å². The zero-order valence-electron chi connectivity index (χ0n) is 16.5. The molecule has 0 bridgehead atoms. The zero-order chi connectivity index (χ0) is 20.0. The van der Waals surface area contributed by atoms with Gasteiger partial charge in [0.15, 0.2) is 5.82 Å². The van der Waals surface area contributed by atoms with Gasteiger partial charge < -0.3 is 14.0 Å². The molecule has 0 saturated carbocycles. The monoisotopic (exact) mass is 411 g/mol. The maximum absolute atomic E-state index is 14.7. The first-order chi connectivity index (χ1) is 14.1. The van der Waals surface area contributed by atoms with Crippen LogP contribution in [0.4, 0.5) is 4.39 Å². The van der Waals surface area contributed by atoms with Crippen LogP contribution in [0.3, 0.4) is 0 Å². The summed E-state index contributed by atoms with van der Waals surface area (Å²) >= 11 is 1.50. The van der Waals surface area contributed by atoms with Crippen molar-refractivity contribution in [3.63, 3.8) is 0 Å². The molecule has 1 aliphatic heterocycles. The van der Waals surface area contributed by atoms with Gasteiger partial charge in [0.25, 0.3) is 0 Å². The van der Waals surface area contributed by atoms with Gasteiger partial charge in [-0.1, -0.05) is 6.92 Å². The smallest absolute Gasteiger partial charge is 0.151 e. The molecule has 0 aliphatic carbocycles. The number of hydrogen-bond donors (Lipinski definition) is 0. The minimum atomic E-state index is -0.309. The van der Waals surface area contributed by atoms with Gasteiger partial charge in [-0.05, 0) is 38.3 Å². The number of imidazole rings is 1. The van der Waals surface area contributed by atoms with Crippen LogP contribution in [-0.2, 0) is 6.54 Å². The van der Waals surface area contributed by atoms with E-state index in [1.54, 1.807) is 6.07 Å². The third-order valence-electron chi connectivity index (χ3n) is 5.10. The van der Waals surface area contributed by atoms with Crippen molar-refractivity contribution in [3.8, 4) is 22.9 Å². The Morgan fingerprint density at radius 3 is 2.97 bits per heavy atom. The number of benzene rings is 2. The summed E-state index contributed by atoms with van der Waals surface area (Å²) in [5.74, 6) is 1.98. The van der Waals surface area contributed by atoms with Crippen LogP contribution in [0.2, 0.25) is 0 Å². The molecule has 2 aromatic carbocycles. The molecule has 0 radical (unpaired) electrons. The van der Waals surface area contributed by atoms with Crippen molar-refractivity contribution < 1.29 is 13.9 Å². The normalized spacial score (nSPS) is 14.0. The summed E-state index contributed by atoms with van der Waals surface area (Å²) in [7, 11) is 0. The Morgan fingerprint density at radius 1 is 1.21 bits per heavy atom. The largest absolute Gasteiger partial charge is 0.493 e. The molecule has 150 valence electrons. The fourth-order valence-electron chi connectivity index (χ4n) is 3.84. The van der Waals surface area contributed by atoms with Crippen LogP contribution in [0, 0.1) is 12.7 Å². The third-order valence-corrected chi connectivity index (χ3v) is 6.02. The number of aryl methyl sites for hydroxylation is 2. The molecule has 1 aliphatic rings. The molecule has 0 unspecified atom stereocenters. The van der Waals surface area contributed by atoms with E-state index in [-0.39, 0.29) is 5.82 Å². The lowest BCUT2D eigenvalue weighted by Gasteiger charge is -2.17. The second kappa shape index (κ2) is 7.30. The second-order valence-corrected chi connectivity index (χ2v) is 8.55. The fourth-order valence-corrected chi connectivity index (χ4v) is 4.72. The lowest BCUT2D eigenvalue weighted by Crippen LogP contribution is -2.09. The number of aromatic nitrogens is 3. The molecular weight excluding hydrogens is 389 g/mol. The Kier molecular flexibility index (Phi) is 4.62. The van der Waals surface area contributed by atoms with Crippen molar-refractivity contribution in [3.05, 3.63) is 35.1 Å². The number of thiazole rings is 1. The molecule has 0 atom stereocenters. The Labute approximate surface area is 172 Å². The Balaban J connectivity index is 1.72. The van der Waals surface area contributed by atoms with Crippen molar-refractivity contribution >= 4 is 32.6 Å². The molecule has 2 aromatic heterocycles. The molecule has 29 heavy (non-hydrogen) atoms. The van der Waals surface area contributed by atoms with Gasteiger partial charge in [-0.3, -0.25) is 0 Å². The number of hydrogen-bond acceptors (Lipinski definition) is 5. The van der Waals surface area contributed by atoms with Crippen LogP contribution in [0.15, 0.2) is 24.3 Å². The summed E-state index contributed by atoms with van der Waals surface area (Å²) in [4.78, 5) is 9.19. The Bertz CT molecular complexity index is 1210. The van der Waals surface area contributed by atoms with Crippen molar-refractivity contribution in [1.82, 2.24) is 14.5 Å². The average molecular weight is 412 g/mol. The molecule has 7 heteroatoms. The summed E-state index contributed by atoms with van der Waals surface area (Å²) < 4.78 is 29.6. The van der Waals surface area contributed by atoms with Crippen molar-refractivity contribution in [2.75, 3.05) is 13.2 Å². The Hall–Kier alpha value is -2.67. The maximum atomic E-state index is 14.7. The summed E-state index contributed by atoms with van der Waals surface area (Å²) in [5.41, 5.74) is 2.95. The molecule has 0 N–H and O–H groups in total. The Morgan fingerprint density at radius 2 is 2.10 bits per heavy atom. The SMILES string of the molecule is CCCOc1cc2c3c(c1)nc(-c1cc(F)c4nc(C)sc4c1)n3CCCCO2. The predicted octanol–water partition coefficient (Wildman–Crippen LogP) is 5.72. The van der Waals surface area contributed by atoms with Crippen LogP contribution in [0.1, 0.15) is 31.2 Å². The molecule has 0 amide bonds. The van der Waals surface area contributed by atoms with Gasteiger partial charge in [0.1, 0.15) is 28.4 Å². The van der Waals surface area contributed by atoms with Crippen LogP contribution in [0.5, 0.6) is 11.5 Å². The van der Waals surface area contributed by atoms with Crippen LogP contribution in [0.25, 0.3) is 32.6 Å². The number of ether oxygens (including phenoxy) is 2. The van der Waals surface area contributed by atoms with E-state index < -0.39 is 0 Å². The summed E-state index contributed by atoms with van der Waals surface area (Å²) in [6.07, 6.45) is 2.87. The molecule has 0 fully saturated rings. The lowest BCUT2D eigenvalue weighted by atomic mass is 10.2. The van der Waals surface area contributed by atoms with E-state index in [1.807, 2.05) is 25.1 Å². The number of nitrogens with zero attached hydrogens (tertiary/aromatic N) is 3. The molecule has 5 rings (SSSR count). The van der Waals surface area contributed by atoms with E-state index in [4.69, 9.17) is 14.5 Å². The highest BCUT2D eigenvalue weighted by Crippen LogP contribution is 2.38. The molecular formula is C22H22FN3O2S. The van der Waals surface area contributed by atoms with E-state index >= 15 is 0 Å². The van der Waals surface area contributed by atoms with Crippen LogP contribution in [-0.4, -0.2) is 27.7 Å². The molecule has 0 saturated heterocycles. The highest BCUT2D eigenvalue weighted by Gasteiger charge is 2.21. The highest BCUT2D eigenvalue weighted by atomic mass is 32.1. The molecule has 0 spiro atoms. The first-order valence-electron chi connectivity index (χ1n) is 10.0. The van der Waals surface area contributed by atoms with Crippen molar-refractivity contribution in [2.45, 2.75) is 39.7 Å². The van der Waals surface area contributed by atoms with Gasteiger partial charge in [0, 0.05) is 24.2 Å². The van der Waals surface area contributed by atoms with E-state index in [1.165, 1.54) is 11.3 Å². The minimum absolute atomic E-state index is 0.309. The van der Waals surface area contributed by atoms with Gasteiger partial charge in [-0.15, -0.1) is 11.3 Å². The highest BCUT2D eigenvalue weighted by molar-refractivity contribution is 7.18. The van der Waals surface area contributed by atoms with E-state index in [0.717, 1.165) is 69.4 Å². The lowest BCUT2D eigenvalue weighted by molar-refractivity contribution is 0.291. The van der Waals surface area contributed by atoms with Gasteiger partial charge >= 0.3 is 0 Å². The third kappa shape index (κ3) is 3.23. The first-order valence-corrected chi connectivity index (χ1v) is 10.8. The summed E-state index contributed by atoms with van der Waals surface area (Å²) in [5, 5.41) is 0.854. The quantitative estimate of drug-likeness (QED) is 0.431. The maximum Gasteiger partial charge on any atom is 0.151 e. The second-order valence-electron chi connectivity index (χ2n) is 7.32. The van der Waals surface area contributed by atoms with E-state index in [2.05, 4.69) is 16.5 Å². The number of rotatable bonds is 4. The first kappa shape index (κ1) is 18.4. The van der Waals surface area contributed by atoms with Gasteiger partial charge in [0.05, 0.1) is 28.4 Å². The van der Waals surface area contributed by atoms with Crippen LogP contribution >= 0.6 is 11.3 Å². The van der Waals surface area contributed by atoms with Crippen LogP contribution < -0.4 is 9.47 Å². The fraction of sp³-hybridized carbons (Fsp3) is 0.364. The molecule has 4 aromatic rings. The van der Waals surface area contributed by atoms with Gasteiger partial charge in [-0.2, -0.15) is 0 Å². The number of halogens is 1. The van der Waals surface area contributed by atoms with Gasteiger partial charge in [-0.25, -0.2) is 14.4 Å². The molecule has 5 nitrogen and oxygen atoms in total. The van der Waals surface area contributed by atoms with Crippen molar-refractivity contribution in [2.24, 2.45) is 0 Å².